The molecule has 0 amide bonds. The molecule has 0 atom stereocenters. The Kier molecular flexibility index (Phi) is 5.91. The fraction of sp³-hybridized carbons (Fsp3) is 0.550. The van der Waals surface area contributed by atoms with E-state index in [1.165, 1.54) is 34.6 Å². The number of aryl methyl sites for hydroxylation is 1. The third-order valence-electron chi connectivity index (χ3n) is 4.45. The first kappa shape index (κ1) is 18.8. The van der Waals surface area contributed by atoms with Crippen LogP contribution in [-0.2, 0) is 28.7 Å². The molecule has 0 saturated carbocycles. The topological polar surface area (TPSA) is 60.8 Å². The van der Waals surface area contributed by atoms with E-state index in [0.717, 1.165) is 35.9 Å². The van der Waals surface area contributed by atoms with Crippen molar-refractivity contribution in [3.8, 4) is 0 Å². The molecular weight excluding hydrogens is 348 g/mol. The maximum Gasteiger partial charge on any atom is 0.350 e. The molecule has 1 aliphatic carbocycles. The van der Waals surface area contributed by atoms with E-state index < -0.39 is 0 Å². The summed E-state index contributed by atoms with van der Waals surface area (Å²) in [6, 6.07) is 0. The zero-order valence-electron chi connectivity index (χ0n) is 15.9. The molecule has 0 saturated heterocycles. The average molecular weight is 375 g/mol. The van der Waals surface area contributed by atoms with E-state index in [2.05, 4.69) is 18.8 Å². The molecule has 0 spiro atoms. The largest absolute Gasteiger partial charge is 0.483 e. The number of carbonyl (C=O) groups is 1. The minimum atomic E-state index is -0.337. The van der Waals surface area contributed by atoms with Crippen LogP contribution in [0.1, 0.15) is 60.6 Å². The van der Waals surface area contributed by atoms with Crippen molar-refractivity contribution in [2.75, 3.05) is 13.2 Å². The van der Waals surface area contributed by atoms with Crippen LogP contribution in [0.5, 0.6) is 0 Å². The van der Waals surface area contributed by atoms with E-state index in [9.17, 15) is 4.79 Å². The summed E-state index contributed by atoms with van der Waals surface area (Å²) in [6.45, 7) is 9.01. The summed E-state index contributed by atoms with van der Waals surface area (Å²) in [5.74, 6) is 0.209. The molecule has 5 nitrogen and oxygen atoms in total. The lowest BCUT2D eigenvalue weighted by molar-refractivity contribution is 0.0533. The maximum absolute atomic E-state index is 12.5. The van der Waals surface area contributed by atoms with Crippen LogP contribution < -0.4 is 0 Å². The first-order chi connectivity index (χ1) is 12.6. The lowest BCUT2D eigenvalue weighted by atomic mass is 9.99. The van der Waals surface area contributed by atoms with E-state index in [-0.39, 0.29) is 5.97 Å². The zero-order valence-corrected chi connectivity index (χ0v) is 16.7. The van der Waals surface area contributed by atoms with Gasteiger partial charge in [0.15, 0.2) is 6.40 Å². The summed E-state index contributed by atoms with van der Waals surface area (Å²) in [5.41, 5.74) is 4.49. The van der Waals surface area contributed by atoms with Crippen molar-refractivity contribution in [2.24, 2.45) is 10.9 Å². The van der Waals surface area contributed by atoms with Gasteiger partial charge in [-0.05, 0) is 56.6 Å². The van der Waals surface area contributed by atoms with Gasteiger partial charge in [0.1, 0.15) is 15.4 Å². The fourth-order valence-corrected chi connectivity index (χ4v) is 4.53. The van der Waals surface area contributed by atoms with Gasteiger partial charge >= 0.3 is 5.97 Å². The number of hydrogen-bond acceptors (Lipinski definition) is 6. The van der Waals surface area contributed by atoms with Crippen LogP contribution in [0, 0.1) is 5.92 Å². The summed E-state index contributed by atoms with van der Waals surface area (Å²) in [6.07, 6.45) is 5.58. The molecule has 2 aromatic heterocycles. The van der Waals surface area contributed by atoms with Crippen LogP contribution in [0.2, 0.25) is 0 Å². The number of esters is 1. The molecular formula is C20H26N2O3S. The van der Waals surface area contributed by atoms with Gasteiger partial charge in [-0.15, -0.1) is 11.3 Å². The summed E-state index contributed by atoms with van der Waals surface area (Å²) in [4.78, 5) is 23.3. The molecule has 0 aliphatic heterocycles. The van der Waals surface area contributed by atoms with Crippen molar-refractivity contribution in [3.63, 3.8) is 0 Å². The number of ether oxygens (including phenoxy) is 2. The Morgan fingerprint density at radius 3 is 2.73 bits per heavy atom. The van der Waals surface area contributed by atoms with Gasteiger partial charge in [-0.25, -0.2) is 14.8 Å². The first-order valence-corrected chi connectivity index (χ1v) is 10.2. The van der Waals surface area contributed by atoms with Crippen LogP contribution in [0.25, 0.3) is 10.2 Å². The quantitative estimate of drug-likeness (QED) is 0.395. The molecule has 0 bridgehead atoms. The zero-order chi connectivity index (χ0) is 18.7. The minimum Gasteiger partial charge on any atom is -0.483 e. The van der Waals surface area contributed by atoms with Gasteiger partial charge in [0.2, 0.25) is 0 Å². The molecule has 0 N–H and O–H groups in total. The van der Waals surface area contributed by atoms with E-state index in [0.29, 0.717) is 29.7 Å². The molecule has 2 heterocycles. The smallest absolute Gasteiger partial charge is 0.350 e. The average Bonchev–Trinajstić information content (AvgIpc) is 3.19. The summed E-state index contributed by atoms with van der Waals surface area (Å²) < 4.78 is 10.5. The maximum atomic E-state index is 12.5. The van der Waals surface area contributed by atoms with Gasteiger partial charge in [-0.2, -0.15) is 0 Å². The number of fused-ring (bicyclic) bond motifs is 3. The van der Waals surface area contributed by atoms with Crippen molar-refractivity contribution in [1.82, 2.24) is 4.98 Å². The molecule has 26 heavy (non-hydrogen) atoms. The number of aliphatic imine (C=N–C) groups is 1. The van der Waals surface area contributed by atoms with Crippen LogP contribution in [0.3, 0.4) is 0 Å². The second kappa shape index (κ2) is 8.16. The number of hydrogen-bond donors (Lipinski definition) is 0. The van der Waals surface area contributed by atoms with Crippen molar-refractivity contribution >= 4 is 39.6 Å². The van der Waals surface area contributed by atoms with Crippen LogP contribution in [0.4, 0.5) is 5.69 Å². The van der Waals surface area contributed by atoms with Gasteiger partial charge in [0, 0.05) is 11.1 Å². The van der Waals surface area contributed by atoms with Crippen LogP contribution in [0.15, 0.2) is 4.99 Å². The number of thiophene rings is 1. The second-order valence-corrected chi connectivity index (χ2v) is 7.84. The number of pyridine rings is 1. The van der Waals surface area contributed by atoms with Gasteiger partial charge in [0.25, 0.3) is 0 Å². The van der Waals surface area contributed by atoms with Gasteiger partial charge in [0.05, 0.1) is 13.2 Å². The Morgan fingerprint density at radius 1 is 1.27 bits per heavy atom. The lowest BCUT2D eigenvalue weighted by Crippen LogP contribution is -2.03. The van der Waals surface area contributed by atoms with Crippen molar-refractivity contribution in [3.05, 3.63) is 21.7 Å². The Bertz CT molecular complexity index is 839. The van der Waals surface area contributed by atoms with E-state index >= 15 is 0 Å². The predicted octanol–water partition coefficient (Wildman–Crippen LogP) is 4.86. The molecule has 0 aromatic carbocycles. The van der Waals surface area contributed by atoms with Crippen molar-refractivity contribution in [1.29, 1.82) is 0 Å². The predicted molar refractivity (Wildman–Crippen MR) is 106 cm³/mol. The lowest BCUT2D eigenvalue weighted by Gasteiger charge is -2.11. The highest BCUT2D eigenvalue weighted by atomic mass is 32.1. The summed E-state index contributed by atoms with van der Waals surface area (Å²) in [5, 5.41) is 1.01. The van der Waals surface area contributed by atoms with Gasteiger partial charge < -0.3 is 9.47 Å². The molecule has 6 heteroatoms. The summed E-state index contributed by atoms with van der Waals surface area (Å²) in [7, 11) is 0. The second-order valence-electron chi connectivity index (χ2n) is 6.84. The van der Waals surface area contributed by atoms with Gasteiger partial charge in [-0.3, -0.25) is 0 Å². The monoisotopic (exact) mass is 374 g/mol. The third-order valence-corrected chi connectivity index (χ3v) is 5.51. The van der Waals surface area contributed by atoms with Crippen LogP contribution >= 0.6 is 11.3 Å². The number of rotatable bonds is 7. The molecule has 0 fully saturated rings. The normalized spacial score (nSPS) is 13.7. The van der Waals surface area contributed by atoms with E-state index in [4.69, 9.17) is 14.5 Å². The molecule has 1 aliphatic rings. The Morgan fingerprint density at radius 2 is 2.04 bits per heavy atom. The molecule has 140 valence electrons. The SMILES string of the molecule is CCOC=Nc1c(C(=O)OCC)sc2nc(CC(C)C)c3c(c12)CCC3. The number of aromatic nitrogens is 1. The highest BCUT2D eigenvalue weighted by Gasteiger charge is 2.27. The minimum absolute atomic E-state index is 0.337. The fourth-order valence-electron chi connectivity index (χ4n) is 3.47. The first-order valence-electron chi connectivity index (χ1n) is 9.35. The molecule has 3 rings (SSSR count). The van der Waals surface area contributed by atoms with Crippen molar-refractivity contribution in [2.45, 2.75) is 53.4 Å². The third kappa shape index (κ3) is 3.61. The Hall–Kier alpha value is -1.95. The van der Waals surface area contributed by atoms with Crippen LogP contribution in [-0.4, -0.2) is 30.6 Å². The Labute approximate surface area is 158 Å². The molecule has 2 aromatic rings. The molecule has 0 radical (unpaired) electrons. The van der Waals surface area contributed by atoms with E-state index in [1.807, 2.05) is 13.8 Å². The molecule has 0 unspecified atom stereocenters. The highest BCUT2D eigenvalue weighted by Crippen LogP contribution is 2.43. The standard InChI is InChI=1S/C20H26N2O3S/c1-5-24-11-21-17-16-14-9-7-8-13(14)15(10-12(3)4)22-19(16)26-18(17)20(23)25-6-2/h11-12H,5-10H2,1-4H3. The Balaban J connectivity index is 2.21. The van der Waals surface area contributed by atoms with E-state index in [1.54, 1.807) is 0 Å². The number of carbonyl (C=O) groups excluding carboxylic acids is 1. The van der Waals surface area contributed by atoms with Crippen molar-refractivity contribution < 1.29 is 14.3 Å². The highest BCUT2D eigenvalue weighted by molar-refractivity contribution is 7.21. The van der Waals surface area contributed by atoms with Gasteiger partial charge in [-0.1, -0.05) is 13.8 Å². The number of nitrogens with zero attached hydrogens (tertiary/aromatic N) is 2. The summed E-state index contributed by atoms with van der Waals surface area (Å²) >= 11 is 1.38.